The molecular formula is C23H36BrClN2O2Se. The number of hydrogen-bond acceptors (Lipinski definition) is 2. The summed E-state index contributed by atoms with van der Waals surface area (Å²) in [7, 11) is 0. The van der Waals surface area contributed by atoms with Gasteiger partial charge in [-0.2, -0.15) is 0 Å². The van der Waals surface area contributed by atoms with Crippen LogP contribution in [0.2, 0.25) is 0 Å². The van der Waals surface area contributed by atoms with E-state index in [1.807, 2.05) is 13.1 Å². The van der Waals surface area contributed by atoms with Crippen LogP contribution in [0.25, 0.3) is 5.52 Å². The Kier molecular flexibility index (Phi) is 12.8. The van der Waals surface area contributed by atoms with E-state index in [-0.39, 0.29) is 27.1 Å². The molecule has 170 valence electrons. The van der Waals surface area contributed by atoms with E-state index < -0.39 is 11.5 Å². The Morgan fingerprint density at radius 1 is 1.10 bits per heavy atom. The molecule has 0 spiro atoms. The van der Waals surface area contributed by atoms with Crippen LogP contribution in [0, 0.1) is 0 Å². The number of nitrogens with two attached hydrogens (primary N) is 1. The fourth-order valence-corrected chi connectivity index (χ4v) is 7.28. The predicted octanol–water partition coefficient (Wildman–Crippen LogP) is 2.26. The van der Waals surface area contributed by atoms with Crippen molar-refractivity contribution in [2.24, 2.45) is 5.73 Å². The molecule has 0 aliphatic rings. The summed E-state index contributed by atoms with van der Waals surface area (Å²) in [6, 6.07) is 3.55. The van der Waals surface area contributed by atoms with Crippen LogP contribution in [0.3, 0.4) is 0 Å². The Morgan fingerprint density at radius 2 is 1.63 bits per heavy atom. The summed E-state index contributed by atoms with van der Waals surface area (Å²) in [4.78, 5) is 11.5. The van der Waals surface area contributed by atoms with Gasteiger partial charge in [-0.25, -0.2) is 0 Å². The van der Waals surface area contributed by atoms with Gasteiger partial charge in [-0.3, -0.25) is 0 Å². The maximum absolute atomic E-state index is 11.5. The van der Waals surface area contributed by atoms with E-state index in [0.717, 1.165) is 27.3 Å². The van der Waals surface area contributed by atoms with Gasteiger partial charge in [-0.05, 0) is 0 Å². The van der Waals surface area contributed by atoms with Crippen LogP contribution in [0.15, 0.2) is 22.8 Å². The van der Waals surface area contributed by atoms with Crippen LogP contribution in [0.1, 0.15) is 106 Å². The predicted molar refractivity (Wildman–Crippen MR) is 123 cm³/mol. The first-order valence-corrected chi connectivity index (χ1v) is 13.4. The van der Waals surface area contributed by atoms with Gasteiger partial charge in [0, 0.05) is 0 Å². The zero-order valence-corrected chi connectivity index (χ0v) is 22.3. The topological polar surface area (TPSA) is 67.4 Å². The van der Waals surface area contributed by atoms with E-state index in [0.29, 0.717) is 5.56 Å². The van der Waals surface area contributed by atoms with E-state index in [1.54, 1.807) is 12.1 Å². The number of nitrogens with zero attached hydrogens (tertiary/aromatic N) is 1. The summed E-state index contributed by atoms with van der Waals surface area (Å²) in [5.74, 6) is -0.428. The molecule has 1 amide bonds. The number of halogens is 2. The van der Waals surface area contributed by atoms with E-state index in [2.05, 4.69) is 26.2 Å². The number of unbranched alkanes of at least 4 members (excludes halogenated alkanes) is 10. The molecule has 2 rings (SSSR count). The van der Waals surface area contributed by atoms with E-state index in [4.69, 9.17) is 5.73 Å². The minimum absolute atomic E-state index is 0. The Hall–Kier alpha value is -0.391. The molecule has 0 fully saturated rings. The van der Waals surface area contributed by atoms with Crippen molar-refractivity contribution in [2.75, 3.05) is 0 Å². The van der Waals surface area contributed by atoms with Gasteiger partial charge in [-0.1, -0.05) is 19.8 Å². The van der Waals surface area contributed by atoms with Crippen molar-refractivity contribution in [1.29, 1.82) is 0 Å². The van der Waals surface area contributed by atoms with Crippen molar-refractivity contribution in [3.8, 4) is 0 Å². The molecule has 0 radical (unpaired) electrons. The molecule has 0 saturated heterocycles. The SMILES string of the molecule is CCCCCCCCCCCCCC(C)(O)c1[se][n+]2ccc(C(N)=O)cc2c1Br.[Cl-]. The van der Waals surface area contributed by atoms with Gasteiger partial charge in [0.2, 0.25) is 0 Å². The molecule has 3 N–H and O–H groups in total. The van der Waals surface area contributed by atoms with Gasteiger partial charge in [0.1, 0.15) is 0 Å². The van der Waals surface area contributed by atoms with Crippen LogP contribution in [0.4, 0.5) is 0 Å². The van der Waals surface area contributed by atoms with E-state index in [9.17, 15) is 9.90 Å². The molecule has 0 aliphatic heterocycles. The van der Waals surface area contributed by atoms with Gasteiger partial charge in [0.05, 0.1) is 0 Å². The Balaban J connectivity index is 0.00000450. The largest absolute Gasteiger partial charge is 1.00 e. The maximum Gasteiger partial charge on any atom is -1.00 e. The van der Waals surface area contributed by atoms with Crippen LogP contribution in [0.5, 0.6) is 0 Å². The second kappa shape index (κ2) is 13.9. The third-order valence-corrected chi connectivity index (χ3v) is 9.78. The van der Waals surface area contributed by atoms with E-state index in [1.165, 1.54) is 64.2 Å². The van der Waals surface area contributed by atoms with Gasteiger partial charge < -0.3 is 12.4 Å². The molecule has 0 saturated carbocycles. The number of fused-ring (bicyclic) bond motifs is 1. The summed E-state index contributed by atoms with van der Waals surface area (Å²) in [5, 5.41) is 11.1. The van der Waals surface area contributed by atoms with Gasteiger partial charge >= 0.3 is 171 Å². The zero-order chi connectivity index (χ0) is 21.3. The summed E-state index contributed by atoms with van der Waals surface area (Å²) in [6.45, 7) is 4.18. The second-order valence-corrected chi connectivity index (χ2v) is 11.1. The smallest absolute Gasteiger partial charge is 1.00 e. The molecule has 0 bridgehead atoms. The molecule has 1 unspecified atom stereocenters. The number of rotatable bonds is 14. The Labute approximate surface area is 202 Å². The maximum atomic E-state index is 11.5. The first-order valence-electron chi connectivity index (χ1n) is 11.0. The van der Waals surface area contributed by atoms with Crippen LogP contribution >= 0.6 is 15.9 Å². The minimum atomic E-state index is -0.822. The number of carbonyl (C=O) groups excluding carboxylic acids is 1. The molecule has 2 aromatic heterocycles. The molecule has 0 aromatic carbocycles. The number of primary amides is 1. The second-order valence-electron chi connectivity index (χ2n) is 8.28. The molecule has 2 heterocycles. The number of amides is 1. The van der Waals surface area contributed by atoms with Crippen LogP contribution in [-0.4, -0.2) is 25.7 Å². The number of aromatic nitrogens is 1. The fourth-order valence-electron chi connectivity index (χ4n) is 3.72. The summed E-state index contributed by atoms with van der Waals surface area (Å²) in [6.07, 6.45) is 17.0. The summed E-state index contributed by atoms with van der Waals surface area (Å²) >= 11 is 3.65. The molecule has 4 nitrogen and oxygen atoms in total. The van der Waals surface area contributed by atoms with Crippen molar-refractivity contribution < 1.29 is 25.7 Å². The minimum Gasteiger partial charge on any atom is -1.00 e. The molecule has 30 heavy (non-hydrogen) atoms. The van der Waals surface area contributed by atoms with Crippen molar-refractivity contribution >= 4 is 42.1 Å². The molecule has 0 aliphatic carbocycles. The third kappa shape index (κ3) is 8.27. The molecule has 7 heteroatoms. The van der Waals surface area contributed by atoms with Crippen molar-refractivity contribution in [3.63, 3.8) is 0 Å². The quantitative estimate of drug-likeness (QED) is 0.272. The first-order chi connectivity index (χ1) is 13.9. The van der Waals surface area contributed by atoms with E-state index >= 15 is 0 Å². The Morgan fingerprint density at radius 3 is 2.17 bits per heavy atom. The number of aliphatic hydroxyl groups is 1. The first kappa shape index (κ1) is 27.6. The standard InChI is InChI=1S/C23H35BrN2O2Se.ClH/c1-3-4-5-6-7-8-9-10-11-12-13-15-23(2,28)21-20(24)19-17-18(22(25)27)14-16-26(19)29-21;/h14,16-17,28H,3-13,15H2,1-2H3,(H-,25,27);1H. The van der Waals surface area contributed by atoms with Gasteiger partial charge in [0.15, 0.2) is 0 Å². The molecule has 2 aromatic rings. The molecular weight excluding hydrogens is 531 g/mol. The van der Waals surface area contributed by atoms with Gasteiger partial charge in [-0.15, -0.1) is 0 Å². The van der Waals surface area contributed by atoms with Crippen molar-refractivity contribution in [2.45, 2.75) is 96.5 Å². The average molecular weight is 567 g/mol. The average Bonchev–Trinajstić information content (AvgIpc) is 3.03. The van der Waals surface area contributed by atoms with Gasteiger partial charge in [0.25, 0.3) is 0 Å². The normalized spacial score (nSPS) is 13.2. The molecule has 1 atom stereocenters. The summed E-state index contributed by atoms with van der Waals surface area (Å²) < 4.78 is 4.06. The van der Waals surface area contributed by atoms with Crippen molar-refractivity contribution in [3.05, 3.63) is 32.8 Å². The Bertz CT molecular complexity index is 795. The zero-order valence-electron chi connectivity index (χ0n) is 18.3. The van der Waals surface area contributed by atoms with Crippen LogP contribution in [-0.2, 0) is 5.60 Å². The number of hydrogen-bond donors (Lipinski definition) is 2. The van der Waals surface area contributed by atoms with Crippen molar-refractivity contribution in [1.82, 2.24) is 0 Å². The fraction of sp³-hybridized carbons (Fsp3) is 0.652. The summed E-state index contributed by atoms with van der Waals surface area (Å²) in [5.41, 5.74) is 6.00. The monoisotopic (exact) mass is 566 g/mol. The number of carbonyl (C=O) groups is 1. The van der Waals surface area contributed by atoms with Crippen LogP contribution < -0.4 is 21.5 Å². The number of pyridine rings is 1. The third-order valence-electron chi connectivity index (χ3n) is 5.57.